The van der Waals surface area contributed by atoms with Crippen molar-refractivity contribution in [1.29, 1.82) is 5.26 Å². The molecule has 0 saturated heterocycles. The van der Waals surface area contributed by atoms with E-state index >= 15 is 0 Å². The molecule has 4 nitrogen and oxygen atoms in total. The second kappa shape index (κ2) is 5.90. The summed E-state index contributed by atoms with van der Waals surface area (Å²) < 4.78 is 10.3. The van der Waals surface area contributed by atoms with Crippen LogP contribution >= 0.6 is 0 Å². The number of hydrogen-bond acceptors (Lipinski definition) is 4. The van der Waals surface area contributed by atoms with Gasteiger partial charge in [-0.2, -0.15) is 5.26 Å². The van der Waals surface area contributed by atoms with Gasteiger partial charge in [-0.15, -0.1) is 0 Å². The Hall–Kier alpha value is -2.02. The van der Waals surface area contributed by atoms with Crippen LogP contribution in [-0.2, 0) is 9.53 Å². The van der Waals surface area contributed by atoms with E-state index in [4.69, 9.17) is 14.7 Å². The largest absolute Gasteiger partial charge is 0.479 e. The lowest BCUT2D eigenvalue weighted by atomic mass is 10.1. The Morgan fingerprint density at radius 2 is 2.24 bits per heavy atom. The van der Waals surface area contributed by atoms with Crippen LogP contribution in [0.3, 0.4) is 0 Å². The predicted octanol–water partition coefficient (Wildman–Crippen LogP) is 2.20. The van der Waals surface area contributed by atoms with Crippen molar-refractivity contribution in [3.8, 4) is 11.8 Å². The number of hydrogen-bond donors (Lipinski definition) is 0. The molecule has 0 radical (unpaired) electrons. The maximum absolute atomic E-state index is 11.4. The Balaban J connectivity index is 2.81. The molecule has 0 N–H and O–H groups in total. The zero-order valence-electron chi connectivity index (χ0n) is 10.2. The van der Waals surface area contributed by atoms with Gasteiger partial charge in [-0.05, 0) is 38.5 Å². The molecule has 1 aromatic rings. The van der Waals surface area contributed by atoms with Crippen molar-refractivity contribution in [2.75, 3.05) is 6.61 Å². The average molecular weight is 233 g/mol. The van der Waals surface area contributed by atoms with Gasteiger partial charge in [-0.3, -0.25) is 0 Å². The minimum absolute atomic E-state index is 0.323. The van der Waals surface area contributed by atoms with Crippen molar-refractivity contribution < 1.29 is 14.3 Å². The molecule has 0 aromatic heterocycles. The van der Waals surface area contributed by atoms with Crippen LogP contribution in [0, 0.1) is 18.3 Å². The van der Waals surface area contributed by atoms with E-state index in [9.17, 15) is 4.79 Å². The van der Waals surface area contributed by atoms with E-state index in [1.54, 1.807) is 32.0 Å². The van der Waals surface area contributed by atoms with Crippen LogP contribution in [-0.4, -0.2) is 18.7 Å². The Bertz CT molecular complexity index is 448. The van der Waals surface area contributed by atoms with Gasteiger partial charge >= 0.3 is 5.97 Å². The van der Waals surface area contributed by atoms with Gasteiger partial charge in [-0.25, -0.2) is 4.79 Å². The van der Waals surface area contributed by atoms with Crippen LogP contribution in [0.1, 0.15) is 25.0 Å². The van der Waals surface area contributed by atoms with Crippen LogP contribution in [0.15, 0.2) is 18.2 Å². The number of rotatable bonds is 4. The van der Waals surface area contributed by atoms with Gasteiger partial charge in [0.1, 0.15) is 5.75 Å². The number of nitriles is 1. The molecule has 0 saturated carbocycles. The minimum atomic E-state index is -0.678. The maximum atomic E-state index is 11.4. The summed E-state index contributed by atoms with van der Waals surface area (Å²) in [5, 5.41) is 8.78. The summed E-state index contributed by atoms with van der Waals surface area (Å²) in [5.74, 6) is 0.124. The summed E-state index contributed by atoms with van der Waals surface area (Å²) in [4.78, 5) is 11.4. The van der Waals surface area contributed by atoms with Gasteiger partial charge in [0.2, 0.25) is 0 Å². The van der Waals surface area contributed by atoms with Crippen LogP contribution in [0.25, 0.3) is 0 Å². The van der Waals surface area contributed by atoms with E-state index in [2.05, 4.69) is 0 Å². The number of carbonyl (C=O) groups is 1. The van der Waals surface area contributed by atoms with E-state index in [1.807, 2.05) is 13.0 Å². The third-order valence-corrected chi connectivity index (χ3v) is 2.24. The first-order valence-corrected chi connectivity index (χ1v) is 5.42. The molecule has 1 atom stereocenters. The molecule has 0 bridgehead atoms. The van der Waals surface area contributed by atoms with Gasteiger partial charge in [0.05, 0.1) is 18.2 Å². The molecule has 17 heavy (non-hydrogen) atoms. The van der Waals surface area contributed by atoms with E-state index in [-0.39, 0.29) is 0 Å². The van der Waals surface area contributed by atoms with Crippen molar-refractivity contribution in [2.24, 2.45) is 0 Å². The van der Waals surface area contributed by atoms with E-state index in [1.165, 1.54) is 0 Å². The van der Waals surface area contributed by atoms with Gasteiger partial charge in [0.15, 0.2) is 6.10 Å². The number of carbonyl (C=O) groups excluding carboxylic acids is 1. The third kappa shape index (κ3) is 3.49. The highest BCUT2D eigenvalue weighted by molar-refractivity contribution is 5.74. The van der Waals surface area contributed by atoms with Crippen LogP contribution in [0.5, 0.6) is 5.75 Å². The monoisotopic (exact) mass is 233 g/mol. The van der Waals surface area contributed by atoms with Gasteiger partial charge in [-0.1, -0.05) is 6.07 Å². The molecule has 0 fully saturated rings. The molecule has 1 rings (SSSR count). The van der Waals surface area contributed by atoms with Crippen LogP contribution in [0.2, 0.25) is 0 Å². The molecular weight excluding hydrogens is 218 g/mol. The second-order valence-electron chi connectivity index (χ2n) is 3.60. The van der Waals surface area contributed by atoms with Crippen LogP contribution < -0.4 is 4.74 Å². The number of aryl methyl sites for hydroxylation is 1. The average Bonchev–Trinajstić information content (AvgIpc) is 2.32. The topological polar surface area (TPSA) is 59.3 Å². The molecule has 0 heterocycles. The van der Waals surface area contributed by atoms with Crippen molar-refractivity contribution in [3.63, 3.8) is 0 Å². The first-order valence-electron chi connectivity index (χ1n) is 5.42. The minimum Gasteiger partial charge on any atom is -0.479 e. The zero-order valence-corrected chi connectivity index (χ0v) is 10.2. The lowest BCUT2D eigenvalue weighted by molar-refractivity contribution is -0.150. The molecule has 0 aliphatic rings. The highest BCUT2D eigenvalue weighted by Gasteiger charge is 2.16. The molecule has 90 valence electrons. The smallest absolute Gasteiger partial charge is 0.347 e. The predicted molar refractivity (Wildman–Crippen MR) is 62.6 cm³/mol. The third-order valence-electron chi connectivity index (χ3n) is 2.24. The molecule has 1 aromatic carbocycles. The lowest BCUT2D eigenvalue weighted by Gasteiger charge is -2.15. The summed E-state index contributed by atoms with van der Waals surface area (Å²) in [6.45, 7) is 5.54. The van der Waals surface area contributed by atoms with Crippen LogP contribution in [0.4, 0.5) is 0 Å². The highest BCUT2D eigenvalue weighted by atomic mass is 16.6. The van der Waals surface area contributed by atoms with Crippen molar-refractivity contribution in [3.05, 3.63) is 29.3 Å². The fourth-order valence-corrected chi connectivity index (χ4v) is 1.29. The molecule has 4 heteroatoms. The van der Waals surface area contributed by atoms with Gasteiger partial charge in [0.25, 0.3) is 0 Å². The number of ether oxygens (including phenoxy) is 2. The van der Waals surface area contributed by atoms with Gasteiger partial charge in [0, 0.05) is 0 Å². The Morgan fingerprint density at radius 1 is 1.53 bits per heavy atom. The second-order valence-corrected chi connectivity index (χ2v) is 3.60. The number of esters is 1. The Labute approximate surface area is 101 Å². The fourth-order valence-electron chi connectivity index (χ4n) is 1.29. The molecule has 0 aliphatic carbocycles. The summed E-state index contributed by atoms with van der Waals surface area (Å²) >= 11 is 0. The summed E-state index contributed by atoms with van der Waals surface area (Å²) in [5.41, 5.74) is 1.38. The quantitative estimate of drug-likeness (QED) is 0.748. The SMILES string of the molecule is CCOC(=O)C(C)Oc1cc(C#N)ccc1C. The molecular formula is C13H15NO3. The van der Waals surface area contributed by atoms with Gasteiger partial charge < -0.3 is 9.47 Å². The highest BCUT2D eigenvalue weighted by Crippen LogP contribution is 2.20. The first kappa shape index (κ1) is 13.0. The summed E-state index contributed by atoms with van der Waals surface area (Å²) in [6, 6.07) is 7.13. The lowest BCUT2D eigenvalue weighted by Crippen LogP contribution is -2.26. The Morgan fingerprint density at radius 3 is 2.82 bits per heavy atom. The molecule has 0 aliphatic heterocycles. The Kier molecular flexibility index (Phi) is 4.53. The van der Waals surface area contributed by atoms with E-state index in [0.29, 0.717) is 17.9 Å². The van der Waals surface area contributed by atoms with E-state index in [0.717, 1.165) is 5.56 Å². The molecule has 0 spiro atoms. The zero-order chi connectivity index (χ0) is 12.8. The van der Waals surface area contributed by atoms with Crippen molar-refractivity contribution in [1.82, 2.24) is 0 Å². The van der Waals surface area contributed by atoms with Crippen molar-refractivity contribution in [2.45, 2.75) is 26.9 Å². The standard InChI is InChI=1S/C13H15NO3/c1-4-16-13(15)10(3)17-12-7-11(8-14)6-5-9(12)2/h5-7,10H,4H2,1-3H3. The molecule has 1 unspecified atom stereocenters. The summed E-state index contributed by atoms with van der Waals surface area (Å²) in [7, 11) is 0. The fraction of sp³-hybridized carbons (Fsp3) is 0.385. The number of nitrogens with zero attached hydrogens (tertiary/aromatic N) is 1. The maximum Gasteiger partial charge on any atom is 0.347 e. The van der Waals surface area contributed by atoms with E-state index < -0.39 is 12.1 Å². The molecule has 0 amide bonds. The van der Waals surface area contributed by atoms with Crippen molar-refractivity contribution >= 4 is 5.97 Å². The number of benzene rings is 1. The first-order chi connectivity index (χ1) is 8.08. The summed E-state index contributed by atoms with van der Waals surface area (Å²) in [6.07, 6.45) is -0.678. The normalized spacial score (nSPS) is 11.4.